The molecule has 0 aromatic heterocycles. The van der Waals surface area contributed by atoms with E-state index >= 15 is 0 Å². The molecule has 0 atom stereocenters. The third-order valence-corrected chi connectivity index (χ3v) is 3.78. The van der Waals surface area contributed by atoms with E-state index < -0.39 is 11.1 Å². The Labute approximate surface area is 121 Å². The molecule has 112 valence electrons. The normalized spacial score (nSPS) is 12.1. The number of aliphatic hydroxyl groups is 1. The van der Waals surface area contributed by atoms with Crippen LogP contribution < -0.4 is 10.1 Å². The number of hydrogen-bond acceptors (Lipinski definition) is 3. The highest BCUT2D eigenvalue weighted by Crippen LogP contribution is 2.20. The number of ether oxygens (including phenoxy) is 1. The number of carbonyl (C=O) groups excluding carboxylic acids is 1. The molecule has 0 fully saturated rings. The van der Waals surface area contributed by atoms with E-state index in [1.165, 1.54) is 0 Å². The van der Waals surface area contributed by atoms with Crippen LogP contribution in [-0.4, -0.2) is 29.3 Å². The zero-order chi connectivity index (χ0) is 15.4. The van der Waals surface area contributed by atoms with Crippen LogP contribution in [0.2, 0.25) is 0 Å². The lowest BCUT2D eigenvalue weighted by Gasteiger charge is -2.38. The smallest absolute Gasteiger partial charge is 0.220 e. The first kappa shape index (κ1) is 16.5. The first-order valence-electron chi connectivity index (χ1n) is 6.82. The minimum atomic E-state index is -0.969. The number of aryl methyl sites for hydroxylation is 1. The van der Waals surface area contributed by atoms with Gasteiger partial charge in [-0.15, -0.1) is 0 Å². The van der Waals surface area contributed by atoms with Crippen molar-refractivity contribution in [2.24, 2.45) is 0 Å². The number of methoxy groups -OCH3 is 1. The predicted octanol–water partition coefficient (Wildman–Crippen LogP) is 2.29. The van der Waals surface area contributed by atoms with E-state index in [9.17, 15) is 9.90 Å². The summed E-state index contributed by atoms with van der Waals surface area (Å²) in [6, 6.07) is 7.67. The Morgan fingerprint density at radius 1 is 1.20 bits per heavy atom. The molecule has 0 aliphatic carbocycles. The van der Waals surface area contributed by atoms with Crippen molar-refractivity contribution in [1.29, 1.82) is 0 Å². The van der Waals surface area contributed by atoms with Gasteiger partial charge in [0.05, 0.1) is 18.2 Å². The molecule has 1 amide bonds. The monoisotopic (exact) mass is 279 g/mol. The van der Waals surface area contributed by atoms with Crippen molar-refractivity contribution in [1.82, 2.24) is 5.32 Å². The average Bonchev–Trinajstić information content (AvgIpc) is 2.35. The van der Waals surface area contributed by atoms with Crippen molar-refractivity contribution >= 4 is 5.91 Å². The topological polar surface area (TPSA) is 58.6 Å². The van der Waals surface area contributed by atoms with Gasteiger partial charge in [0.15, 0.2) is 0 Å². The second-order valence-electron chi connectivity index (χ2n) is 6.08. The lowest BCUT2D eigenvalue weighted by molar-refractivity contribution is -0.126. The van der Waals surface area contributed by atoms with Crippen molar-refractivity contribution in [3.8, 4) is 5.75 Å². The molecule has 1 aromatic rings. The third-order valence-electron chi connectivity index (χ3n) is 3.78. The summed E-state index contributed by atoms with van der Waals surface area (Å²) in [5, 5.41) is 12.9. The van der Waals surface area contributed by atoms with Crippen LogP contribution in [0.3, 0.4) is 0 Å². The van der Waals surface area contributed by atoms with Gasteiger partial charge in [0, 0.05) is 6.42 Å². The van der Waals surface area contributed by atoms with Gasteiger partial charge in [-0.3, -0.25) is 4.79 Å². The van der Waals surface area contributed by atoms with Crippen LogP contribution in [0, 0.1) is 0 Å². The summed E-state index contributed by atoms with van der Waals surface area (Å²) in [6.07, 6.45) is 1.06. The molecule has 0 aliphatic heterocycles. The minimum absolute atomic E-state index is 0.0621. The molecule has 4 heteroatoms. The quantitative estimate of drug-likeness (QED) is 0.840. The fourth-order valence-corrected chi connectivity index (χ4v) is 1.61. The standard InChI is InChI=1S/C16H25NO3/c1-15(2,16(3,4)19)17-14(18)11-8-12-6-9-13(20-5)10-7-12/h6-7,9-10,19H,8,11H2,1-5H3,(H,17,18). The van der Waals surface area contributed by atoms with Crippen LogP contribution in [0.1, 0.15) is 39.7 Å². The fourth-order valence-electron chi connectivity index (χ4n) is 1.61. The summed E-state index contributed by atoms with van der Waals surface area (Å²) >= 11 is 0. The largest absolute Gasteiger partial charge is 0.497 e. The van der Waals surface area contributed by atoms with Gasteiger partial charge in [0.2, 0.25) is 5.91 Å². The molecular weight excluding hydrogens is 254 g/mol. The maximum absolute atomic E-state index is 12.0. The highest BCUT2D eigenvalue weighted by Gasteiger charge is 2.36. The molecule has 0 unspecified atom stereocenters. The maximum atomic E-state index is 12.0. The van der Waals surface area contributed by atoms with Crippen molar-refractivity contribution in [2.45, 2.75) is 51.7 Å². The van der Waals surface area contributed by atoms with Gasteiger partial charge in [0.1, 0.15) is 5.75 Å². The van der Waals surface area contributed by atoms with Gasteiger partial charge in [-0.05, 0) is 51.8 Å². The van der Waals surface area contributed by atoms with Crippen LogP contribution in [0.5, 0.6) is 5.75 Å². The summed E-state index contributed by atoms with van der Waals surface area (Å²) < 4.78 is 5.09. The number of amides is 1. The Bertz CT molecular complexity index is 444. The highest BCUT2D eigenvalue weighted by atomic mass is 16.5. The van der Waals surface area contributed by atoms with E-state index in [4.69, 9.17) is 4.74 Å². The van der Waals surface area contributed by atoms with Crippen molar-refractivity contribution in [3.63, 3.8) is 0 Å². The number of carbonyl (C=O) groups is 1. The molecule has 20 heavy (non-hydrogen) atoms. The van der Waals surface area contributed by atoms with E-state index in [-0.39, 0.29) is 5.91 Å². The Morgan fingerprint density at radius 2 is 1.75 bits per heavy atom. The molecule has 2 N–H and O–H groups in total. The Balaban J connectivity index is 2.51. The van der Waals surface area contributed by atoms with Crippen molar-refractivity contribution < 1.29 is 14.6 Å². The molecule has 0 radical (unpaired) electrons. The summed E-state index contributed by atoms with van der Waals surface area (Å²) in [4.78, 5) is 12.0. The number of benzene rings is 1. The van der Waals surface area contributed by atoms with E-state index in [1.54, 1.807) is 21.0 Å². The summed E-state index contributed by atoms with van der Waals surface area (Å²) in [6.45, 7) is 7.02. The SMILES string of the molecule is COc1ccc(CCC(=O)NC(C)(C)C(C)(C)O)cc1. The average molecular weight is 279 g/mol. The first-order valence-corrected chi connectivity index (χ1v) is 6.82. The Kier molecular flexibility index (Phi) is 5.17. The Morgan fingerprint density at radius 3 is 2.20 bits per heavy atom. The molecule has 0 bridgehead atoms. The van der Waals surface area contributed by atoms with Gasteiger partial charge >= 0.3 is 0 Å². The predicted molar refractivity (Wildman–Crippen MR) is 79.8 cm³/mol. The lowest BCUT2D eigenvalue weighted by atomic mass is 9.86. The molecule has 4 nitrogen and oxygen atoms in total. The second-order valence-corrected chi connectivity index (χ2v) is 6.08. The highest BCUT2D eigenvalue weighted by molar-refractivity contribution is 5.77. The van der Waals surface area contributed by atoms with E-state index in [0.717, 1.165) is 11.3 Å². The van der Waals surface area contributed by atoms with E-state index in [2.05, 4.69) is 5.32 Å². The van der Waals surface area contributed by atoms with E-state index in [1.807, 2.05) is 38.1 Å². The zero-order valence-electron chi connectivity index (χ0n) is 13.0. The maximum Gasteiger partial charge on any atom is 0.220 e. The molecule has 1 rings (SSSR count). The van der Waals surface area contributed by atoms with Crippen LogP contribution in [-0.2, 0) is 11.2 Å². The second kappa shape index (κ2) is 6.27. The number of rotatable bonds is 6. The lowest BCUT2D eigenvalue weighted by Crippen LogP contribution is -2.57. The molecule has 0 saturated heterocycles. The van der Waals surface area contributed by atoms with Gasteiger partial charge < -0.3 is 15.2 Å². The van der Waals surface area contributed by atoms with Crippen LogP contribution >= 0.6 is 0 Å². The summed E-state index contributed by atoms with van der Waals surface area (Å²) in [5.74, 6) is 0.745. The molecule has 0 aliphatic rings. The zero-order valence-corrected chi connectivity index (χ0v) is 13.0. The molecular formula is C16H25NO3. The minimum Gasteiger partial charge on any atom is -0.497 e. The molecule has 0 saturated carbocycles. The summed E-state index contributed by atoms with van der Waals surface area (Å²) in [7, 11) is 1.63. The molecule has 0 heterocycles. The molecule has 0 spiro atoms. The van der Waals surface area contributed by atoms with Crippen LogP contribution in [0.4, 0.5) is 0 Å². The van der Waals surface area contributed by atoms with Crippen molar-refractivity contribution in [3.05, 3.63) is 29.8 Å². The van der Waals surface area contributed by atoms with Crippen LogP contribution in [0.15, 0.2) is 24.3 Å². The number of nitrogens with one attached hydrogen (secondary N) is 1. The fraction of sp³-hybridized carbons (Fsp3) is 0.562. The number of hydrogen-bond donors (Lipinski definition) is 2. The Hall–Kier alpha value is -1.55. The van der Waals surface area contributed by atoms with Gasteiger partial charge in [-0.1, -0.05) is 12.1 Å². The summed E-state index contributed by atoms with van der Waals surface area (Å²) in [5.41, 5.74) is -0.547. The van der Waals surface area contributed by atoms with Gasteiger partial charge in [-0.2, -0.15) is 0 Å². The molecule has 1 aromatic carbocycles. The first-order chi connectivity index (χ1) is 9.15. The van der Waals surface area contributed by atoms with Gasteiger partial charge in [-0.25, -0.2) is 0 Å². The van der Waals surface area contributed by atoms with E-state index in [0.29, 0.717) is 12.8 Å². The van der Waals surface area contributed by atoms with Crippen LogP contribution in [0.25, 0.3) is 0 Å². The van der Waals surface area contributed by atoms with Crippen molar-refractivity contribution in [2.75, 3.05) is 7.11 Å². The third kappa shape index (κ3) is 4.53. The van der Waals surface area contributed by atoms with Gasteiger partial charge in [0.25, 0.3) is 0 Å².